The molecule has 0 spiro atoms. The van der Waals surface area contributed by atoms with Crippen molar-refractivity contribution in [1.29, 1.82) is 0 Å². The largest absolute Gasteiger partial charge is 0.278 e. The minimum absolute atomic E-state index is 0.676. The predicted octanol–water partition coefficient (Wildman–Crippen LogP) is 35.5. The Morgan fingerprint density at radius 3 is 0.864 bits per heavy atom. The molecule has 23 aromatic carbocycles. The van der Waals surface area contributed by atoms with E-state index < -0.39 is 0 Å². The van der Waals surface area contributed by atoms with E-state index in [1.807, 2.05) is 34.0 Å². The van der Waals surface area contributed by atoms with Gasteiger partial charge in [-0.2, -0.15) is 0 Å². The van der Waals surface area contributed by atoms with Gasteiger partial charge in [0.15, 0.2) is 0 Å². The van der Waals surface area contributed by atoms with Crippen LogP contribution in [0.3, 0.4) is 0 Å². The molecule has 0 unspecified atom stereocenters. The Morgan fingerprint density at radius 1 is 0.150 bits per heavy atom. The molecule has 0 aliphatic rings. The monoisotopic (exact) mass is 1830 g/mol. The first-order valence-corrected chi connectivity index (χ1v) is 49.8. The van der Waals surface area contributed by atoms with Crippen molar-refractivity contribution >= 4 is 279 Å². The van der Waals surface area contributed by atoms with Crippen molar-refractivity contribution in [2.45, 2.75) is 0 Å². The topological polar surface area (TPSA) is 92.1 Å². The summed E-state index contributed by atoms with van der Waals surface area (Å²) in [5.74, 6) is 2.03. The molecule has 140 heavy (non-hydrogen) atoms. The zero-order valence-electron chi connectivity index (χ0n) is 74.9. The van der Waals surface area contributed by atoms with Crippen molar-refractivity contribution in [3.63, 3.8) is 0 Å². The Labute approximate surface area is 810 Å². The maximum absolute atomic E-state index is 5.57. The van der Waals surface area contributed by atoms with Gasteiger partial charge in [0.1, 0.15) is 0 Å². The summed E-state index contributed by atoms with van der Waals surface area (Å²) in [7, 11) is 0. The fourth-order valence-electron chi connectivity index (χ4n) is 22.9. The summed E-state index contributed by atoms with van der Waals surface area (Å²) in [5.41, 5.74) is 15.7. The number of aromatic nitrogens is 9. The van der Waals surface area contributed by atoms with Crippen LogP contribution in [0.25, 0.3) is 296 Å². The highest BCUT2D eigenvalue weighted by Gasteiger charge is 2.29. The van der Waals surface area contributed by atoms with E-state index in [1.165, 1.54) is 179 Å². The molecule has 0 aliphatic carbocycles. The number of rotatable bonds is 6. The smallest absolute Gasteiger partial charge is 0.235 e. The van der Waals surface area contributed by atoms with E-state index in [2.05, 4.69) is 457 Å². The summed E-state index contributed by atoms with van der Waals surface area (Å²) in [6, 6.07) is 159. The van der Waals surface area contributed by atoms with Gasteiger partial charge >= 0.3 is 0 Å². The normalized spacial score (nSPS) is 12.1. The molecule has 0 bridgehead atoms. The quantitative estimate of drug-likeness (QED) is 0.154. The van der Waals surface area contributed by atoms with E-state index >= 15 is 0 Å². The van der Waals surface area contributed by atoms with Crippen molar-refractivity contribution in [1.82, 2.24) is 43.6 Å². The van der Waals surface area contributed by atoms with Crippen LogP contribution in [0.2, 0.25) is 0 Å². The van der Waals surface area contributed by atoms with Crippen LogP contribution in [0, 0.1) is 0 Å². The van der Waals surface area contributed by atoms with Gasteiger partial charge in [-0.1, -0.05) is 352 Å². The third-order valence-electron chi connectivity index (χ3n) is 28.9. The molecular formula is C128H73N9S3. The lowest BCUT2D eigenvalue weighted by Gasteiger charge is -2.15. The third kappa shape index (κ3) is 11.8. The number of hydrogen-bond donors (Lipinski definition) is 0. The molecule has 0 atom stereocenters. The number of benzene rings is 23. The highest BCUT2D eigenvalue weighted by atomic mass is 32.1. The van der Waals surface area contributed by atoms with Gasteiger partial charge in [0.2, 0.25) is 17.8 Å². The van der Waals surface area contributed by atoms with Gasteiger partial charge in [-0.3, -0.25) is 13.7 Å². The van der Waals surface area contributed by atoms with Crippen molar-refractivity contribution in [3.8, 4) is 51.6 Å². The Kier molecular flexibility index (Phi) is 17.3. The van der Waals surface area contributed by atoms with Gasteiger partial charge in [-0.25, -0.2) is 29.9 Å². The second-order valence-electron chi connectivity index (χ2n) is 36.4. The standard InChI is InChI=1S/2C44H25N3S.C40H23N3S/c1-5-17-30-26(13-1)27-14-3-6-18-31(27)43-41(30)33-20-8-11-23-37(33)47(43)44-45-36-22-10-7-19-32(36)42(46-44)35-25-39-40(29-16-4-2-15-28(29)35)34-21-9-12-24-38(34)48-39;1-2-13-28-24-38-35(23-27(28)12-1)41-29-14-4-3-11-26(29)21-22-37(41)47(38)44-45-36-19-9-7-17-32(36)43(46-44)34-25-40-42(31-16-6-5-15-30(31)34)33-18-8-10-20-39(33)48-40;1-2-12-25-24(11-1)21-22-34-37(25)29-16-6-9-19-33(29)43(34)40-41-32-18-8-5-15-28(32)39(42-40)31-23-36-38(27-14-4-3-13-26(27)31)30-17-7-10-20-35(30)44-36/h2*1-25H;1-23H. The average Bonchev–Trinajstić information content (AvgIpc) is 1.39. The molecule has 0 N–H and O–H groups in total. The fourth-order valence-corrected chi connectivity index (χ4v) is 26.4. The summed E-state index contributed by atoms with van der Waals surface area (Å²) in [6.07, 6.45) is 0. The number of para-hydroxylation sites is 5. The zero-order chi connectivity index (χ0) is 91.5. The number of hydrogen-bond acceptors (Lipinski definition) is 9. The lowest BCUT2D eigenvalue weighted by molar-refractivity contribution is 1.01. The molecule has 9 aromatic heterocycles. The minimum Gasteiger partial charge on any atom is -0.278 e. The maximum atomic E-state index is 5.57. The van der Waals surface area contributed by atoms with E-state index in [0.29, 0.717) is 17.8 Å². The minimum atomic E-state index is 0.676. The molecule has 0 aliphatic heterocycles. The molecule has 0 saturated heterocycles. The average molecular weight is 1830 g/mol. The van der Waals surface area contributed by atoms with Crippen molar-refractivity contribution < 1.29 is 0 Å². The second-order valence-corrected chi connectivity index (χ2v) is 39.7. The van der Waals surface area contributed by atoms with Gasteiger partial charge in [-0.15, -0.1) is 34.0 Å². The summed E-state index contributed by atoms with van der Waals surface area (Å²) in [6.45, 7) is 0. The first-order chi connectivity index (χ1) is 69.5. The zero-order valence-corrected chi connectivity index (χ0v) is 77.3. The summed E-state index contributed by atoms with van der Waals surface area (Å²) in [4.78, 5) is 32.4. The van der Waals surface area contributed by atoms with Gasteiger partial charge < -0.3 is 0 Å². The van der Waals surface area contributed by atoms with Gasteiger partial charge in [0.25, 0.3) is 0 Å². The molecule has 0 amide bonds. The van der Waals surface area contributed by atoms with E-state index in [4.69, 9.17) is 29.9 Å². The first kappa shape index (κ1) is 78.5. The maximum Gasteiger partial charge on any atom is 0.235 e. The van der Waals surface area contributed by atoms with E-state index in [1.54, 1.807) is 0 Å². The predicted molar refractivity (Wildman–Crippen MR) is 597 cm³/mol. The molecule has 0 saturated carbocycles. The third-order valence-corrected chi connectivity index (χ3v) is 32.3. The Bertz CT molecular complexity index is 11000. The number of nitrogens with zero attached hydrogens (tertiary/aromatic N) is 9. The van der Waals surface area contributed by atoms with E-state index in [0.717, 1.165) is 99.6 Å². The van der Waals surface area contributed by atoms with Crippen molar-refractivity contribution in [2.75, 3.05) is 0 Å². The molecule has 32 rings (SSSR count). The van der Waals surface area contributed by atoms with Crippen LogP contribution >= 0.6 is 34.0 Å². The highest BCUT2D eigenvalue weighted by Crippen LogP contribution is 2.52. The van der Waals surface area contributed by atoms with Crippen LogP contribution in [-0.2, 0) is 0 Å². The van der Waals surface area contributed by atoms with Crippen LogP contribution in [-0.4, -0.2) is 43.6 Å². The van der Waals surface area contributed by atoms with Crippen LogP contribution < -0.4 is 0 Å². The molecule has 648 valence electrons. The van der Waals surface area contributed by atoms with Crippen LogP contribution in [0.5, 0.6) is 0 Å². The van der Waals surface area contributed by atoms with Crippen molar-refractivity contribution in [3.05, 3.63) is 443 Å². The summed E-state index contributed by atoms with van der Waals surface area (Å²) >= 11 is 5.55. The number of fused-ring (bicyclic) bond motifs is 37. The molecule has 0 fully saturated rings. The van der Waals surface area contributed by atoms with Gasteiger partial charge in [0.05, 0.1) is 66.7 Å². The molecule has 0 radical (unpaired) electrons. The molecule has 32 aromatic rings. The van der Waals surface area contributed by atoms with Crippen LogP contribution in [0.4, 0.5) is 0 Å². The second kappa shape index (κ2) is 30.9. The first-order valence-electron chi connectivity index (χ1n) is 47.4. The van der Waals surface area contributed by atoms with E-state index in [-0.39, 0.29) is 0 Å². The fraction of sp³-hybridized carbons (Fsp3) is 0. The Balaban J connectivity index is 0.0000000988. The molecule has 12 heteroatoms. The lowest BCUT2D eigenvalue weighted by atomic mass is 9.96. The van der Waals surface area contributed by atoms with Gasteiger partial charge in [0, 0.05) is 131 Å². The summed E-state index contributed by atoms with van der Waals surface area (Å²) < 4.78 is 14.5. The highest BCUT2D eigenvalue weighted by molar-refractivity contribution is 7.27. The SMILES string of the molecule is c1ccc2c(-c3cc4sc5ccccc5c4c4ccccc34)nc(-n3c4ccccc4c4c5ccccc5c5ccccc5c43)nc2c1.c1ccc2c(c1)ccc1c2c2ccccc2n1-c1nc(-c2cc3sc4ccccc4c3c3ccccc23)c2ccccc2n1.c1ccc2cc3c(cc2c1)c1c2ccccc2ccc1n3-c1nc(-c2cc3sc4ccccc4c3c3ccccc23)c2ccccc2n1. The summed E-state index contributed by atoms with van der Waals surface area (Å²) in [5, 5.41) is 37.9. The molecule has 9 heterocycles. The van der Waals surface area contributed by atoms with Gasteiger partial charge in [-0.05, 0) is 172 Å². The van der Waals surface area contributed by atoms with Crippen LogP contribution in [0.1, 0.15) is 0 Å². The Morgan fingerprint density at radius 2 is 0.436 bits per heavy atom. The van der Waals surface area contributed by atoms with Crippen LogP contribution in [0.15, 0.2) is 443 Å². The number of thiophene rings is 3. The van der Waals surface area contributed by atoms with Crippen molar-refractivity contribution in [2.24, 2.45) is 0 Å². The Hall–Kier alpha value is -17.8. The molecular weight excluding hydrogens is 1760 g/mol. The van der Waals surface area contributed by atoms with E-state index in [9.17, 15) is 0 Å². The molecule has 9 nitrogen and oxygen atoms in total. The lowest BCUT2D eigenvalue weighted by Crippen LogP contribution is -2.04.